The van der Waals surface area contributed by atoms with Crippen LogP contribution in [0.2, 0.25) is 5.02 Å². The molecule has 0 saturated carbocycles. The molecule has 3 rings (SSSR count). The normalized spacial score (nSPS) is 10.6. The first-order valence-corrected chi connectivity index (χ1v) is 9.17. The van der Waals surface area contributed by atoms with Crippen molar-refractivity contribution in [2.45, 2.75) is 13.8 Å². The first-order valence-electron chi connectivity index (χ1n) is 8.79. The second-order valence-electron chi connectivity index (χ2n) is 6.51. The second-order valence-corrected chi connectivity index (χ2v) is 6.95. The number of para-hydroxylation sites is 1. The number of carbonyl (C=O) groups excluding carboxylic acids is 2. The van der Waals surface area contributed by atoms with Gasteiger partial charge < -0.3 is 10.2 Å². The average Bonchev–Trinajstić information content (AvgIpc) is 2.98. The molecule has 1 heterocycles. The largest absolute Gasteiger partial charge is 0.332 e. The van der Waals surface area contributed by atoms with E-state index in [-0.39, 0.29) is 18.4 Å². The van der Waals surface area contributed by atoms with E-state index in [9.17, 15) is 9.59 Å². The van der Waals surface area contributed by atoms with Crippen LogP contribution in [0.5, 0.6) is 0 Å². The fourth-order valence-electron chi connectivity index (χ4n) is 2.98. The fourth-order valence-corrected chi connectivity index (χ4v) is 3.11. The number of aryl methyl sites for hydroxylation is 1. The van der Waals surface area contributed by atoms with Crippen molar-refractivity contribution in [2.24, 2.45) is 0 Å². The zero-order valence-electron chi connectivity index (χ0n) is 15.9. The molecule has 1 aromatic heterocycles. The third kappa shape index (κ3) is 4.23. The maximum atomic E-state index is 12.9. The maximum absolute atomic E-state index is 12.9. The van der Waals surface area contributed by atoms with Crippen LogP contribution in [0.25, 0.3) is 5.69 Å². The van der Waals surface area contributed by atoms with E-state index in [2.05, 4.69) is 10.4 Å². The Balaban J connectivity index is 1.73. The van der Waals surface area contributed by atoms with Crippen molar-refractivity contribution >= 4 is 29.1 Å². The first-order chi connectivity index (χ1) is 13.4. The van der Waals surface area contributed by atoms with Crippen LogP contribution in [-0.2, 0) is 4.79 Å². The molecule has 0 bridgehead atoms. The van der Waals surface area contributed by atoms with Crippen LogP contribution in [0.15, 0.2) is 54.6 Å². The molecular weight excluding hydrogens is 376 g/mol. The number of benzene rings is 2. The summed E-state index contributed by atoms with van der Waals surface area (Å²) in [7, 11) is 1.60. The summed E-state index contributed by atoms with van der Waals surface area (Å²) in [4.78, 5) is 26.6. The maximum Gasteiger partial charge on any atom is 0.257 e. The Kier molecular flexibility index (Phi) is 5.80. The van der Waals surface area contributed by atoms with Gasteiger partial charge in [0.05, 0.1) is 29.2 Å². The summed E-state index contributed by atoms with van der Waals surface area (Å²) in [6.07, 6.45) is 0. The van der Waals surface area contributed by atoms with Crippen LogP contribution in [0.4, 0.5) is 5.69 Å². The number of amides is 2. The van der Waals surface area contributed by atoms with Gasteiger partial charge >= 0.3 is 0 Å². The monoisotopic (exact) mass is 396 g/mol. The van der Waals surface area contributed by atoms with E-state index in [1.54, 1.807) is 42.9 Å². The lowest BCUT2D eigenvalue weighted by Crippen LogP contribution is -2.35. The van der Waals surface area contributed by atoms with E-state index >= 15 is 0 Å². The van der Waals surface area contributed by atoms with Crippen molar-refractivity contribution in [1.29, 1.82) is 0 Å². The molecule has 0 atom stereocenters. The van der Waals surface area contributed by atoms with Crippen molar-refractivity contribution in [3.05, 3.63) is 76.6 Å². The molecule has 0 spiro atoms. The SMILES string of the molecule is Cc1nn(-c2ccccc2)c(C)c1C(=O)N(C)CC(=O)Nc1ccc(Cl)cc1. The van der Waals surface area contributed by atoms with Crippen molar-refractivity contribution in [3.63, 3.8) is 0 Å². The molecule has 0 aliphatic heterocycles. The molecule has 0 radical (unpaired) electrons. The number of rotatable bonds is 5. The number of hydrogen-bond donors (Lipinski definition) is 1. The van der Waals surface area contributed by atoms with Crippen LogP contribution < -0.4 is 5.32 Å². The molecule has 0 saturated heterocycles. The molecule has 3 aromatic rings. The number of nitrogens with one attached hydrogen (secondary N) is 1. The Morgan fingerprint density at radius 3 is 2.36 bits per heavy atom. The Labute approximate surface area is 168 Å². The van der Waals surface area contributed by atoms with Gasteiger partial charge in [-0.3, -0.25) is 9.59 Å². The lowest BCUT2D eigenvalue weighted by molar-refractivity contribution is -0.116. The number of anilines is 1. The van der Waals surface area contributed by atoms with E-state index in [0.29, 0.717) is 22.0 Å². The Hall–Kier alpha value is -3.12. The molecule has 0 aliphatic carbocycles. The number of nitrogens with zero attached hydrogens (tertiary/aromatic N) is 3. The summed E-state index contributed by atoms with van der Waals surface area (Å²) in [5.74, 6) is -0.535. The molecule has 0 unspecified atom stereocenters. The summed E-state index contributed by atoms with van der Waals surface area (Å²) in [5.41, 5.74) is 3.37. The molecule has 28 heavy (non-hydrogen) atoms. The number of aromatic nitrogens is 2. The van der Waals surface area contributed by atoms with Crippen molar-refractivity contribution in [3.8, 4) is 5.69 Å². The predicted molar refractivity (Wildman–Crippen MR) is 110 cm³/mol. The fraction of sp³-hybridized carbons (Fsp3) is 0.190. The Morgan fingerprint density at radius 1 is 1.07 bits per heavy atom. The quantitative estimate of drug-likeness (QED) is 0.712. The third-order valence-corrected chi connectivity index (χ3v) is 4.61. The molecule has 2 aromatic carbocycles. The van der Waals surface area contributed by atoms with Gasteiger partial charge in [0, 0.05) is 17.8 Å². The van der Waals surface area contributed by atoms with Crippen molar-refractivity contribution < 1.29 is 9.59 Å². The molecule has 144 valence electrons. The summed E-state index contributed by atoms with van der Waals surface area (Å²) in [6.45, 7) is 3.57. The summed E-state index contributed by atoms with van der Waals surface area (Å²) < 4.78 is 1.74. The third-order valence-electron chi connectivity index (χ3n) is 4.36. The van der Waals surface area contributed by atoms with Gasteiger partial charge in [-0.05, 0) is 50.2 Å². The molecule has 0 aliphatic rings. The smallest absolute Gasteiger partial charge is 0.257 e. The molecule has 6 nitrogen and oxygen atoms in total. The van der Waals surface area contributed by atoms with Gasteiger partial charge in [-0.15, -0.1) is 0 Å². The summed E-state index contributed by atoms with van der Waals surface area (Å²) in [5, 5.41) is 7.84. The highest BCUT2D eigenvalue weighted by Gasteiger charge is 2.23. The second kappa shape index (κ2) is 8.27. The minimum absolute atomic E-state index is 0.0726. The topological polar surface area (TPSA) is 67.2 Å². The minimum Gasteiger partial charge on any atom is -0.332 e. The number of carbonyl (C=O) groups is 2. The standard InChI is InChI=1S/C21H21ClN4O2/c1-14-20(15(2)26(24-14)18-7-5-4-6-8-18)21(28)25(3)13-19(27)23-17-11-9-16(22)10-12-17/h4-12H,13H2,1-3H3,(H,23,27). The lowest BCUT2D eigenvalue weighted by Gasteiger charge is -2.17. The van der Waals surface area contributed by atoms with Gasteiger partial charge in [0.25, 0.3) is 5.91 Å². The molecule has 7 heteroatoms. The van der Waals surface area contributed by atoms with Gasteiger partial charge in [-0.1, -0.05) is 29.8 Å². The zero-order chi connectivity index (χ0) is 20.3. The van der Waals surface area contributed by atoms with Gasteiger partial charge in [0.1, 0.15) is 0 Å². The van der Waals surface area contributed by atoms with Crippen LogP contribution in [0, 0.1) is 13.8 Å². The van der Waals surface area contributed by atoms with Crippen LogP contribution in [0.1, 0.15) is 21.7 Å². The molecular formula is C21H21ClN4O2. The van der Waals surface area contributed by atoms with E-state index < -0.39 is 0 Å². The van der Waals surface area contributed by atoms with Crippen LogP contribution >= 0.6 is 11.6 Å². The van der Waals surface area contributed by atoms with Gasteiger partial charge in [-0.2, -0.15) is 5.10 Å². The predicted octanol–water partition coefficient (Wildman–Crippen LogP) is 3.85. The van der Waals surface area contributed by atoms with Gasteiger partial charge in [0.2, 0.25) is 5.91 Å². The lowest BCUT2D eigenvalue weighted by atomic mass is 10.1. The highest BCUT2D eigenvalue weighted by atomic mass is 35.5. The van der Waals surface area contributed by atoms with E-state index in [0.717, 1.165) is 11.4 Å². The van der Waals surface area contributed by atoms with E-state index in [1.165, 1.54) is 4.90 Å². The molecule has 0 fully saturated rings. The van der Waals surface area contributed by atoms with Gasteiger partial charge in [-0.25, -0.2) is 4.68 Å². The van der Waals surface area contributed by atoms with Crippen LogP contribution in [-0.4, -0.2) is 40.1 Å². The molecule has 2 amide bonds. The summed E-state index contributed by atoms with van der Waals surface area (Å²) >= 11 is 5.84. The van der Waals surface area contributed by atoms with Crippen molar-refractivity contribution in [2.75, 3.05) is 18.9 Å². The zero-order valence-corrected chi connectivity index (χ0v) is 16.7. The minimum atomic E-state index is -0.288. The Bertz CT molecular complexity index is 997. The van der Waals surface area contributed by atoms with Crippen molar-refractivity contribution in [1.82, 2.24) is 14.7 Å². The Morgan fingerprint density at radius 2 is 1.71 bits per heavy atom. The van der Waals surface area contributed by atoms with E-state index in [1.807, 2.05) is 37.3 Å². The molecule has 1 N–H and O–H groups in total. The summed E-state index contributed by atoms with van der Waals surface area (Å²) in [6, 6.07) is 16.4. The highest BCUT2D eigenvalue weighted by Crippen LogP contribution is 2.19. The first kappa shape index (κ1) is 19.6. The highest BCUT2D eigenvalue weighted by molar-refractivity contribution is 6.30. The number of halogens is 1. The average molecular weight is 397 g/mol. The number of hydrogen-bond acceptors (Lipinski definition) is 3. The van der Waals surface area contributed by atoms with Gasteiger partial charge in [0.15, 0.2) is 0 Å². The number of likely N-dealkylation sites (N-methyl/N-ethyl adjacent to an activating group) is 1. The van der Waals surface area contributed by atoms with Crippen LogP contribution in [0.3, 0.4) is 0 Å². The van der Waals surface area contributed by atoms with E-state index in [4.69, 9.17) is 11.6 Å².